The van der Waals surface area contributed by atoms with Crippen LogP contribution in [0.3, 0.4) is 0 Å². The van der Waals surface area contributed by atoms with E-state index in [9.17, 15) is 4.79 Å². The van der Waals surface area contributed by atoms with E-state index < -0.39 is 5.97 Å². The van der Waals surface area contributed by atoms with Crippen molar-refractivity contribution in [1.29, 1.82) is 0 Å². The molecule has 0 amide bonds. The highest BCUT2D eigenvalue weighted by atomic mass is 16.5. The Morgan fingerprint density at radius 3 is 2.36 bits per heavy atom. The smallest absolute Gasteiger partial charge is 0.325 e. The fourth-order valence-electron chi connectivity index (χ4n) is 0.944. The van der Waals surface area contributed by atoms with Gasteiger partial charge in [0.1, 0.15) is 11.5 Å². The number of nitrogens with two attached hydrogens (primary N) is 1. The van der Waals surface area contributed by atoms with Crippen molar-refractivity contribution in [2.45, 2.75) is 6.92 Å². The molecule has 14 heavy (non-hydrogen) atoms. The van der Waals surface area contributed by atoms with Crippen LogP contribution in [0.5, 0.6) is 11.5 Å². The molecule has 0 fully saturated rings. The lowest BCUT2D eigenvalue weighted by atomic mass is 10.3. The van der Waals surface area contributed by atoms with E-state index in [4.69, 9.17) is 15.2 Å². The number of hydrogen-bond donors (Lipinski definition) is 1. The first kappa shape index (κ1) is 10.5. The van der Waals surface area contributed by atoms with Crippen molar-refractivity contribution in [2.75, 3.05) is 13.2 Å². The number of ether oxygens (including phenoxy) is 2. The number of carbonyl (C=O) groups excluding carboxylic acids is 1. The van der Waals surface area contributed by atoms with Crippen LogP contribution in [0.15, 0.2) is 24.3 Å². The van der Waals surface area contributed by atoms with Crippen LogP contribution < -0.4 is 15.2 Å². The second-order valence-corrected chi connectivity index (χ2v) is 2.58. The van der Waals surface area contributed by atoms with Crippen molar-refractivity contribution in [1.82, 2.24) is 0 Å². The summed E-state index contributed by atoms with van der Waals surface area (Å²) >= 11 is 0. The Morgan fingerprint density at radius 1 is 1.29 bits per heavy atom. The summed E-state index contributed by atoms with van der Waals surface area (Å²) in [6, 6.07) is 6.81. The molecule has 0 saturated heterocycles. The Bertz CT molecular complexity index is 295. The molecule has 0 heterocycles. The Labute approximate surface area is 82.6 Å². The van der Waals surface area contributed by atoms with Crippen molar-refractivity contribution < 1.29 is 14.3 Å². The van der Waals surface area contributed by atoms with Crippen LogP contribution >= 0.6 is 0 Å². The van der Waals surface area contributed by atoms with Crippen molar-refractivity contribution >= 4 is 5.97 Å². The fourth-order valence-corrected chi connectivity index (χ4v) is 0.944. The maximum Gasteiger partial charge on any atom is 0.325 e. The average Bonchev–Trinajstić information content (AvgIpc) is 2.21. The van der Waals surface area contributed by atoms with Crippen LogP contribution in [0.25, 0.3) is 0 Å². The summed E-state index contributed by atoms with van der Waals surface area (Å²) in [5.41, 5.74) is 5.10. The third-order valence-corrected chi connectivity index (χ3v) is 1.53. The predicted molar refractivity (Wildman–Crippen MR) is 52.3 cm³/mol. The summed E-state index contributed by atoms with van der Waals surface area (Å²) in [7, 11) is 0. The number of carbonyl (C=O) groups is 1. The molecule has 1 aromatic rings. The van der Waals surface area contributed by atoms with Gasteiger partial charge in [-0.05, 0) is 31.2 Å². The van der Waals surface area contributed by atoms with E-state index in [1.807, 2.05) is 6.92 Å². The van der Waals surface area contributed by atoms with Gasteiger partial charge in [-0.2, -0.15) is 0 Å². The van der Waals surface area contributed by atoms with E-state index >= 15 is 0 Å². The monoisotopic (exact) mass is 195 g/mol. The first-order valence-corrected chi connectivity index (χ1v) is 4.40. The maximum absolute atomic E-state index is 10.8. The van der Waals surface area contributed by atoms with Gasteiger partial charge >= 0.3 is 5.97 Å². The number of rotatable bonds is 4. The molecule has 2 N–H and O–H groups in total. The van der Waals surface area contributed by atoms with Crippen LogP contribution in [0.1, 0.15) is 6.92 Å². The number of esters is 1. The lowest BCUT2D eigenvalue weighted by Gasteiger charge is -2.04. The van der Waals surface area contributed by atoms with E-state index in [2.05, 4.69) is 0 Å². The molecule has 0 spiro atoms. The van der Waals surface area contributed by atoms with Crippen LogP contribution in [0.2, 0.25) is 0 Å². The Balaban J connectivity index is 2.59. The Morgan fingerprint density at radius 2 is 1.86 bits per heavy atom. The van der Waals surface area contributed by atoms with Gasteiger partial charge < -0.3 is 15.2 Å². The Hall–Kier alpha value is -1.55. The molecule has 4 heteroatoms. The second-order valence-electron chi connectivity index (χ2n) is 2.58. The quantitative estimate of drug-likeness (QED) is 0.574. The molecule has 0 radical (unpaired) electrons. The normalized spacial score (nSPS) is 9.57. The summed E-state index contributed by atoms with van der Waals surface area (Å²) in [5, 5.41) is 0. The van der Waals surface area contributed by atoms with E-state index in [1.54, 1.807) is 24.3 Å². The first-order chi connectivity index (χ1) is 6.76. The number of hydrogen-bond acceptors (Lipinski definition) is 4. The molecular formula is C10H13NO3. The van der Waals surface area contributed by atoms with Crippen LogP contribution in [-0.2, 0) is 4.79 Å². The third kappa shape index (κ3) is 3.06. The average molecular weight is 195 g/mol. The summed E-state index contributed by atoms with van der Waals surface area (Å²) in [4.78, 5) is 10.8. The largest absolute Gasteiger partial charge is 0.494 e. The minimum atomic E-state index is -0.450. The predicted octanol–water partition coefficient (Wildman–Crippen LogP) is 0.949. The highest BCUT2D eigenvalue weighted by Crippen LogP contribution is 2.17. The van der Waals surface area contributed by atoms with Gasteiger partial charge in [0.2, 0.25) is 0 Å². The highest BCUT2D eigenvalue weighted by Gasteiger charge is 2.01. The molecule has 0 aliphatic carbocycles. The molecule has 4 nitrogen and oxygen atoms in total. The zero-order chi connectivity index (χ0) is 10.4. The molecule has 0 bridgehead atoms. The minimum absolute atomic E-state index is 0.118. The van der Waals surface area contributed by atoms with Gasteiger partial charge in [-0.25, -0.2) is 0 Å². The molecule has 1 aromatic carbocycles. The van der Waals surface area contributed by atoms with Gasteiger partial charge in [0.05, 0.1) is 13.2 Å². The van der Waals surface area contributed by atoms with Crippen LogP contribution in [-0.4, -0.2) is 19.1 Å². The van der Waals surface area contributed by atoms with Gasteiger partial charge in [-0.15, -0.1) is 0 Å². The van der Waals surface area contributed by atoms with Gasteiger partial charge in [-0.1, -0.05) is 0 Å². The molecular weight excluding hydrogens is 182 g/mol. The van der Waals surface area contributed by atoms with Crippen molar-refractivity contribution in [3.63, 3.8) is 0 Å². The summed E-state index contributed by atoms with van der Waals surface area (Å²) < 4.78 is 10.1. The van der Waals surface area contributed by atoms with Gasteiger partial charge in [0.15, 0.2) is 0 Å². The van der Waals surface area contributed by atoms with Gasteiger partial charge in [0.25, 0.3) is 0 Å². The Kier molecular flexibility index (Phi) is 3.94. The number of benzene rings is 1. The summed E-state index contributed by atoms with van der Waals surface area (Å²) in [5.74, 6) is 0.776. The minimum Gasteiger partial charge on any atom is -0.494 e. The molecule has 1 rings (SSSR count). The highest BCUT2D eigenvalue weighted by molar-refractivity contribution is 5.74. The SMILES string of the molecule is CCOc1ccc(OC(=O)CN)cc1. The first-order valence-electron chi connectivity index (χ1n) is 4.40. The molecule has 0 aliphatic heterocycles. The molecule has 0 unspecified atom stereocenters. The lowest BCUT2D eigenvalue weighted by molar-refractivity contribution is -0.132. The topological polar surface area (TPSA) is 61.5 Å². The maximum atomic E-state index is 10.8. The van der Waals surface area contributed by atoms with Crippen LogP contribution in [0, 0.1) is 0 Å². The lowest BCUT2D eigenvalue weighted by Crippen LogP contribution is -2.19. The zero-order valence-electron chi connectivity index (χ0n) is 8.03. The van der Waals surface area contributed by atoms with E-state index in [-0.39, 0.29) is 6.54 Å². The van der Waals surface area contributed by atoms with E-state index in [0.717, 1.165) is 5.75 Å². The molecule has 0 aliphatic rings. The standard InChI is InChI=1S/C10H13NO3/c1-2-13-8-3-5-9(6-4-8)14-10(12)7-11/h3-6H,2,7,11H2,1H3. The van der Waals surface area contributed by atoms with Crippen LogP contribution in [0.4, 0.5) is 0 Å². The molecule has 0 atom stereocenters. The zero-order valence-corrected chi connectivity index (χ0v) is 8.03. The second kappa shape index (κ2) is 5.24. The molecule has 76 valence electrons. The molecule has 0 aromatic heterocycles. The van der Waals surface area contributed by atoms with Crippen molar-refractivity contribution in [3.05, 3.63) is 24.3 Å². The molecule has 0 saturated carbocycles. The summed E-state index contributed by atoms with van der Waals surface area (Å²) in [6.07, 6.45) is 0. The third-order valence-electron chi connectivity index (χ3n) is 1.53. The van der Waals surface area contributed by atoms with E-state index in [0.29, 0.717) is 12.4 Å². The van der Waals surface area contributed by atoms with Crippen molar-refractivity contribution in [2.24, 2.45) is 5.73 Å². The van der Waals surface area contributed by atoms with Crippen molar-refractivity contribution in [3.8, 4) is 11.5 Å². The van der Waals surface area contributed by atoms with Gasteiger partial charge in [-0.3, -0.25) is 4.79 Å². The summed E-state index contributed by atoms with van der Waals surface area (Å²) in [6.45, 7) is 2.40. The van der Waals surface area contributed by atoms with Gasteiger partial charge in [0, 0.05) is 0 Å². The van der Waals surface area contributed by atoms with E-state index in [1.165, 1.54) is 0 Å². The fraction of sp³-hybridized carbons (Fsp3) is 0.300.